The molecule has 1 heterocycles. The van der Waals surface area contributed by atoms with Crippen LogP contribution in [-0.4, -0.2) is 33.9 Å². The normalized spacial score (nSPS) is 10.6. The van der Waals surface area contributed by atoms with Crippen molar-refractivity contribution in [1.82, 2.24) is 20.2 Å². The highest BCUT2D eigenvalue weighted by molar-refractivity contribution is 6.32. The minimum atomic E-state index is 0.246. The van der Waals surface area contributed by atoms with Gasteiger partial charge in [0.25, 0.3) is 0 Å². The van der Waals surface area contributed by atoms with Crippen LogP contribution in [0.4, 0.5) is 5.69 Å². The molecule has 4 rings (SSSR count). The molecule has 0 spiro atoms. The van der Waals surface area contributed by atoms with Crippen molar-refractivity contribution < 1.29 is 14.2 Å². The molecule has 0 atom stereocenters. The number of nitrogens with one attached hydrogen (secondary N) is 1. The molecule has 0 aliphatic carbocycles. The lowest BCUT2D eigenvalue weighted by Gasteiger charge is -2.14. The molecule has 4 aromatic rings. The molecule has 0 fully saturated rings. The molecule has 8 nitrogen and oxygen atoms in total. The number of rotatable bonds is 9. The number of ether oxygens (including phenoxy) is 3. The summed E-state index contributed by atoms with van der Waals surface area (Å²) >= 11 is 6.20. The molecular formula is C23H22ClN5O3. The second kappa shape index (κ2) is 10.0. The lowest BCUT2D eigenvalue weighted by Crippen LogP contribution is -2.03. The zero-order valence-corrected chi connectivity index (χ0v) is 18.4. The smallest absolute Gasteiger partial charge is 0.346 e. The van der Waals surface area contributed by atoms with Gasteiger partial charge in [0.15, 0.2) is 11.5 Å². The van der Waals surface area contributed by atoms with Crippen molar-refractivity contribution in [3.8, 4) is 28.9 Å². The summed E-state index contributed by atoms with van der Waals surface area (Å²) in [5, 5.41) is 15.6. The van der Waals surface area contributed by atoms with Gasteiger partial charge in [-0.2, -0.15) is 4.68 Å². The topological polar surface area (TPSA) is 83.3 Å². The van der Waals surface area contributed by atoms with Gasteiger partial charge in [0, 0.05) is 12.2 Å². The van der Waals surface area contributed by atoms with Crippen molar-refractivity contribution in [2.45, 2.75) is 13.5 Å². The van der Waals surface area contributed by atoms with Gasteiger partial charge < -0.3 is 19.5 Å². The van der Waals surface area contributed by atoms with E-state index >= 15 is 0 Å². The van der Waals surface area contributed by atoms with Gasteiger partial charge in [-0.05, 0) is 65.4 Å². The number of methoxy groups -OCH3 is 1. The number of nitrogens with zero attached hydrogens (tertiary/aromatic N) is 4. The fourth-order valence-electron chi connectivity index (χ4n) is 3.07. The van der Waals surface area contributed by atoms with Gasteiger partial charge in [0.2, 0.25) is 0 Å². The zero-order valence-electron chi connectivity index (χ0n) is 17.7. The molecule has 0 aliphatic heterocycles. The second-order valence-electron chi connectivity index (χ2n) is 6.73. The third kappa shape index (κ3) is 4.92. The highest BCUT2D eigenvalue weighted by atomic mass is 35.5. The maximum absolute atomic E-state index is 6.20. The van der Waals surface area contributed by atoms with Crippen molar-refractivity contribution in [2.75, 3.05) is 19.0 Å². The molecule has 0 unspecified atom stereocenters. The van der Waals surface area contributed by atoms with Gasteiger partial charge in [-0.1, -0.05) is 41.0 Å². The van der Waals surface area contributed by atoms with E-state index in [1.165, 1.54) is 4.68 Å². The first-order valence-corrected chi connectivity index (χ1v) is 10.4. The highest BCUT2D eigenvalue weighted by Gasteiger charge is 2.14. The van der Waals surface area contributed by atoms with E-state index in [0.717, 1.165) is 16.9 Å². The monoisotopic (exact) mass is 451 g/mol. The summed E-state index contributed by atoms with van der Waals surface area (Å²) in [6.07, 6.45) is 0. The molecular weight excluding hydrogens is 430 g/mol. The Morgan fingerprint density at radius 3 is 2.53 bits per heavy atom. The molecule has 0 aliphatic rings. The van der Waals surface area contributed by atoms with Gasteiger partial charge in [-0.15, -0.1) is 0 Å². The van der Waals surface area contributed by atoms with Crippen LogP contribution in [0.25, 0.3) is 5.69 Å². The van der Waals surface area contributed by atoms with Crippen molar-refractivity contribution >= 4 is 17.3 Å². The van der Waals surface area contributed by atoms with Gasteiger partial charge in [0.1, 0.15) is 5.75 Å². The Hall–Kier alpha value is -3.78. The first-order chi connectivity index (χ1) is 15.7. The van der Waals surface area contributed by atoms with Crippen molar-refractivity contribution in [1.29, 1.82) is 0 Å². The Bertz CT molecular complexity index is 1180. The van der Waals surface area contributed by atoms with Crippen molar-refractivity contribution in [3.05, 3.63) is 77.3 Å². The Morgan fingerprint density at radius 1 is 0.969 bits per heavy atom. The Labute approximate surface area is 190 Å². The van der Waals surface area contributed by atoms with Crippen LogP contribution in [0.5, 0.6) is 23.3 Å². The van der Waals surface area contributed by atoms with E-state index in [2.05, 4.69) is 20.8 Å². The predicted molar refractivity (Wildman–Crippen MR) is 122 cm³/mol. The summed E-state index contributed by atoms with van der Waals surface area (Å²) in [6, 6.07) is 21.1. The molecule has 3 aromatic carbocycles. The average molecular weight is 452 g/mol. The van der Waals surface area contributed by atoms with Gasteiger partial charge in [-0.3, -0.25) is 0 Å². The standard InChI is InChI=1S/C23H22ClN5O3/c1-3-31-22-13-16(15-25-17-10-12-20(30-2)19(24)14-17)9-11-21(22)32-23-26-27-28-29(23)18-7-5-4-6-8-18/h4-14,25H,3,15H2,1-2H3. The summed E-state index contributed by atoms with van der Waals surface area (Å²) < 4.78 is 18.5. The number of aromatic nitrogens is 4. The summed E-state index contributed by atoms with van der Waals surface area (Å²) in [4.78, 5) is 0. The van der Waals surface area contributed by atoms with E-state index in [4.69, 9.17) is 25.8 Å². The Morgan fingerprint density at radius 2 is 1.78 bits per heavy atom. The van der Waals surface area contributed by atoms with E-state index in [0.29, 0.717) is 35.4 Å². The number of halogens is 1. The molecule has 0 saturated heterocycles. The van der Waals surface area contributed by atoms with E-state index in [9.17, 15) is 0 Å². The summed E-state index contributed by atoms with van der Waals surface area (Å²) in [5.74, 6) is 1.76. The molecule has 32 heavy (non-hydrogen) atoms. The lowest BCUT2D eigenvalue weighted by atomic mass is 10.2. The largest absolute Gasteiger partial charge is 0.495 e. The number of hydrogen-bond donors (Lipinski definition) is 1. The van der Waals surface area contributed by atoms with Crippen LogP contribution in [0, 0.1) is 0 Å². The van der Waals surface area contributed by atoms with Crippen LogP contribution >= 0.6 is 11.6 Å². The molecule has 0 bridgehead atoms. The number of benzene rings is 3. The van der Waals surface area contributed by atoms with E-state index in [1.807, 2.05) is 73.7 Å². The highest BCUT2D eigenvalue weighted by Crippen LogP contribution is 2.33. The lowest BCUT2D eigenvalue weighted by molar-refractivity contribution is 0.315. The molecule has 0 amide bonds. The van der Waals surface area contributed by atoms with Gasteiger partial charge in [0.05, 0.1) is 24.4 Å². The van der Waals surface area contributed by atoms with Crippen LogP contribution in [0.1, 0.15) is 12.5 Å². The van der Waals surface area contributed by atoms with Crippen LogP contribution in [0.15, 0.2) is 66.7 Å². The maximum atomic E-state index is 6.20. The first-order valence-electron chi connectivity index (χ1n) is 10.0. The molecule has 0 saturated carbocycles. The van der Waals surface area contributed by atoms with Crippen LogP contribution in [0.2, 0.25) is 5.02 Å². The predicted octanol–water partition coefficient (Wildman–Crippen LogP) is 5.13. The fraction of sp³-hybridized carbons (Fsp3) is 0.174. The van der Waals surface area contributed by atoms with Crippen LogP contribution < -0.4 is 19.5 Å². The number of para-hydroxylation sites is 1. The summed E-state index contributed by atoms with van der Waals surface area (Å²) in [6.45, 7) is 2.98. The summed E-state index contributed by atoms with van der Waals surface area (Å²) in [5.41, 5.74) is 2.69. The SMILES string of the molecule is CCOc1cc(CNc2ccc(OC)c(Cl)c2)ccc1Oc1nnnn1-c1ccccc1. The summed E-state index contributed by atoms with van der Waals surface area (Å²) in [7, 11) is 1.59. The van der Waals surface area contributed by atoms with Crippen LogP contribution in [0.3, 0.4) is 0 Å². The molecule has 1 N–H and O–H groups in total. The van der Waals surface area contributed by atoms with Crippen molar-refractivity contribution in [3.63, 3.8) is 0 Å². The molecule has 0 radical (unpaired) electrons. The number of anilines is 1. The van der Waals surface area contributed by atoms with Crippen molar-refractivity contribution in [2.24, 2.45) is 0 Å². The third-order valence-corrected chi connectivity index (χ3v) is 4.89. The molecule has 1 aromatic heterocycles. The minimum absolute atomic E-state index is 0.246. The first kappa shape index (κ1) is 21.5. The van der Waals surface area contributed by atoms with Gasteiger partial charge in [-0.25, -0.2) is 0 Å². The zero-order chi connectivity index (χ0) is 22.3. The van der Waals surface area contributed by atoms with E-state index in [-0.39, 0.29) is 6.01 Å². The van der Waals surface area contributed by atoms with Crippen LogP contribution in [-0.2, 0) is 6.54 Å². The second-order valence-corrected chi connectivity index (χ2v) is 7.14. The fourth-order valence-corrected chi connectivity index (χ4v) is 3.33. The Balaban J connectivity index is 1.51. The Kier molecular flexibility index (Phi) is 6.72. The minimum Gasteiger partial charge on any atom is -0.495 e. The van der Waals surface area contributed by atoms with E-state index < -0.39 is 0 Å². The van der Waals surface area contributed by atoms with Gasteiger partial charge >= 0.3 is 6.01 Å². The number of hydrogen-bond acceptors (Lipinski definition) is 7. The quantitative estimate of drug-likeness (QED) is 0.377. The number of tetrazole rings is 1. The average Bonchev–Trinajstić information content (AvgIpc) is 3.28. The van der Waals surface area contributed by atoms with E-state index in [1.54, 1.807) is 7.11 Å². The molecule has 164 valence electrons. The molecule has 9 heteroatoms. The maximum Gasteiger partial charge on any atom is 0.346 e. The third-order valence-electron chi connectivity index (χ3n) is 4.60.